The summed E-state index contributed by atoms with van der Waals surface area (Å²) in [6.45, 7) is 9.52. The molecule has 3 aromatic rings. The zero-order chi connectivity index (χ0) is 25.4. The number of aryl methyl sites for hydroxylation is 2. The number of amides is 2. The summed E-state index contributed by atoms with van der Waals surface area (Å²) in [5.74, 6) is -0.533. The predicted molar refractivity (Wildman–Crippen MR) is 124 cm³/mol. The molecule has 0 fully saturated rings. The van der Waals surface area contributed by atoms with Crippen LogP contribution in [0.2, 0.25) is 0 Å². The summed E-state index contributed by atoms with van der Waals surface area (Å²) in [5, 5.41) is 3.39. The maximum atomic E-state index is 13.1. The number of hydrogen-bond donors (Lipinski definition) is 1. The lowest BCUT2D eigenvalue weighted by Gasteiger charge is -2.17. The number of rotatable bonds is 5. The minimum absolute atomic E-state index is 0.243. The lowest BCUT2D eigenvalue weighted by Crippen LogP contribution is -2.34. The second-order valence-electron chi connectivity index (χ2n) is 8.90. The van der Waals surface area contributed by atoms with Crippen LogP contribution in [0, 0.1) is 13.8 Å². The van der Waals surface area contributed by atoms with Gasteiger partial charge in [0.05, 0.1) is 17.1 Å². The van der Waals surface area contributed by atoms with Crippen LogP contribution < -0.4 is 10.1 Å². The van der Waals surface area contributed by atoms with Gasteiger partial charge in [0.25, 0.3) is 5.91 Å². The van der Waals surface area contributed by atoms with Crippen molar-refractivity contribution in [3.63, 3.8) is 0 Å². The van der Waals surface area contributed by atoms with E-state index in [1.165, 1.54) is 35.4 Å². The summed E-state index contributed by atoms with van der Waals surface area (Å²) in [5.41, 5.74) is 1.59. The molecule has 1 N–H and O–H groups in total. The molecule has 0 spiro atoms. The molecular weight excluding hydrogens is 469 g/mol. The molecular formula is C23H25F3N4O3S. The van der Waals surface area contributed by atoms with Crippen molar-refractivity contribution < 1.29 is 27.5 Å². The number of alkyl halides is 3. The lowest BCUT2D eigenvalue weighted by molar-refractivity contribution is -0.274. The highest BCUT2D eigenvalue weighted by Gasteiger charge is 2.31. The van der Waals surface area contributed by atoms with Gasteiger partial charge in [-0.05, 0) is 43.7 Å². The number of hydrogen-bond acceptors (Lipinski definition) is 6. The van der Waals surface area contributed by atoms with E-state index in [9.17, 15) is 22.8 Å². The van der Waals surface area contributed by atoms with Gasteiger partial charge < -0.3 is 15.0 Å². The first-order valence-corrected chi connectivity index (χ1v) is 11.2. The van der Waals surface area contributed by atoms with Crippen LogP contribution in [-0.4, -0.2) is 46.6 Å². The second kappa shape index (κ2) is 9.21. The average Bonchev–Trinajstić information content (AvgIpc) is 3.04. The number of likely N-dealkylation sites (N-methyl/N-ethyl adjacent to an activating group) is 1. The summed E-state index contributed by atoms with van der Waals surface area (Å²) >= 11 is 1.26. The van der Waals surface area contributed by atoms with Crippen molar-refractivity contribution >= 4 is 39.1 Å². The molecule has 2 amide bonds. The molecule has 34 heavy (non-hydrogen) atoms. The Kier molecular flexibility index (Phi) is 6.88. The van der Waals surface area contributed by atoms with Gasteiger partial charge in [0.1, 0.15) is 16.4 Å². The molecule has 182 valence electrons. The normalized spacial score (nSPS) is 12.0. The van der Waals surface area contributed by atoms with Crippen molar-refractivity contribution in [3.8, 4) is 5.75 Å². The highest BCUT2D eigenvalue weighted by atomic mass is 32.1. The third-order valence-electron chi connectivity index (χ3n) is 4.94. The fourth-order valence-electron chi connectivity index (χ4n) is 3.28. The van der Waals surface area contributed by atoms with Gasteiger partial charge in [0, 0.05) is 23.5 Å². The quantitative estimate of drug-likeness (QED) is 0.526. The molecule has 0 aliphatic carbocycles. The van der Waals surface area contributed by atoms with Gasteiger partial charge in [0.2, 0.25) is 5.91 Å². The summed E-state index contributed by atoms with van der Waals surface area (Å²) < 4.78 is 40.6. The first kappa shape index (κ1) is 25.4. The fourth-order valence-corrected chi connectivity index (χ4v) is 4.51. The number of ether oxygens (including phenoxy) is 1. The Morgan fingerprint density at radius 3 is 2.26 bits per heavy atom. The van der Waals surface area contributed by atoms with Gasteiger partial charge in [0.15, 0.2) is 0 Å². The van der Waals surface area contributed by atoms with Crippen LogP contribution in [0.1, 0.15) is 47.5 Å². The maximum absolute atomic E-state index is 13.1. The van der Waals surface area contributed by atoms with Crippen molar-refractivity contribution in [2.24, 2.45) is 0 Å². The predicted octanol–water partition coefficient (Wildman–Crippen LogP) is 5.21. The number of benzene rings is 1. The van der Waals surface area contributed by atoms with Crippen LogP contribution in [0.5, 0.6) is 5.75 Å². The van der Waals surface area contributed by atoms with E-state index < -0.39 is 18.0 Å². The zero-order valence-corrected chi connectivity index (χ0v) is 20.4. The summed E-state index contributed by atoms with van der Waals surface area (Å²) in [4.78, 5) is 37.2. The topological polar surface area (TPSA) is 84.4 Å². The van der Waals surface area contributed by atoms with Crippen LogP contribution in [0.25, 0.3) is 10.2 Å². The SMILES string of the molecule is Cc1nc(C(C)(C)C)nc2sc(C(=O)N(C)CC(=O)Nc3ccc(OC(F)(F)F)cc3)c(C)c12. The Labute approximate surface area is 199 Å². The molecule has 7 nitrogen and oxygen atoms in total. The van der Waals surface area contributed by atoms with Gasteiger partial charge >= 0.3 is 6.36 Å². The molecule has 0 aliphatic heterocycles. The first-order chi connectivity index (χ1) is 15.7. The molecule has 0 bridgehead atoms. The Morgan fingerprint density at radius 2 is 1.71 bits per heavy atom. The number of thiophene rings is 1. The van der Waals surface area contributed by atoms with E-state index in [0.29, 0.717) is 10.7 Å². The molecule has 0 saturated carbocycles. The molecule has 0 radical (unpaired) electrons. The van der Waals surface area contributed by atoms with E-state index in [1.807, 2.05) is 34.6 Å². The molecule has 2 aromatic heterocycles. The third kappa shape index (κ3) is 5.82. The van der Waals surface area contributed by atoms with Crippen LogP contribution in [0.4, 0.5) is 18.9 Å². The van der Waals surface area contributed by atoms with Crippen molar-refractivity contribution in [3.05, 3.63) is 46.2 Å². The van der Waals surface area contributed by atoms with E-state index in [4.69, 9.17) is 0 Å². The maximum Gasteiger partial charge on any atom is 0.573 e. The van der Waals surface area contributed by atoms with E-state index in [1.54, 1.807) is 0 Å². The zero-order valence-electron chi connectivity index (χ0n) is 19.6. The van der Waals surface area contributed by atoms with Crippen molar-refractivity contribution in [1.29, 1.82) is 0 Å². The van der Waals surface area contributed by atoms with Crippen LogP contribution >= 0.6 is 11.3 Å². The number of anilines is 1. The Bertz CT molecular complexity index is 1230. The summed E-state index contributed by atoms with van der Waals surface area (Å²) in [6, 6.07) is 4.75. The number of carbonyl (C=O) groups excluding carboxylic acids is 2. The molecule has 3 rings (SSSR count). The van der Waals surface area contributed by atoms with Crippen LogP contribution in [-0.2, 0) is 10.2 Å². The number of halogens is 3. The number of nitrogens with one attached hydrogen (secondary N) is 1. The summed E-state index contributed by atoms with van der Waals surface area (Å²) in [7, 11) is 1.51. The van der Waals surface area contributed by atoms with E-state index in [-0.39, 0.29) is 23.6 Å². The van der Waals surface area contributed by atoms with E-state index in [2.05, 4.69) is 20.0 Å². The molecule has 0 unspecified atom stereocenters. The van der Waals surface area contributed by atoms with Crippen molar-refractivity contribution in [2.45, 2.75) is 46.4 Å². The minimum Gasteiger partial charge on any atom is -0.406 e. The summed E-state index contributed by atoms with van der Waals surface area (Å²) in [6.07, 6.45) is -4.79. The second-order valence-corrected chi connectivity index (χ2v) is 9.90. The highest BCUT2D eigenvalue weighted by molar-refractivity contribution is 7.20. The third-order valence-corrected chi connectivity index (χ3v) is 6.11. The Morgan fingerprint density at radius 1 is 1.09 bits per heavy atom. The number of aromatic nitrogens is 2. The molecule has 0 saturated heterocycles. The lowest BCUT2D eigenvalue weighted by atomic mass is 9.95. The van der Waals surface area contributed by atoms with Gasteiger partial charge in [-0.15, -0.1) is 24.5 Å². The van der Waals surface area contributed by atoms with Gasteiger partial charge in [-0.1, -0.05) is 20.8 Å². The molecule has 0 aliphatic rings. The van der Waals surface area contributed by atoms with E-state index in [0.717, 1.165) is 33.6 Å². The largest absolute Gasteiger partial charge is 0.573 e. The molecule has 0 atom stereocenters. The van der Waals surface area contributed by atoms with Crippen molar-refractivity contribution in [1.82, 2.24) is 14.9 Å². The Balaban J connectivity index is 1.72. The molecule has 1 aromatic carbocycles. The standard InChI is InChI=1S/C23H25F3N4O3S/c1-12-17-13(2)27-21(22(3,4)5)29-19(17)34-18(12)20(32)30(6)11-16(31)28-14-7-9-15(10-8-14)33-23(24,25)26/h7-10H,11H2,1-6H3,(H,28,31). The average molecular weight is 495 g/mol. The monoisotopic (exact) mass is 494 g/mol. The van der Waals surface area contributed by atoms with Crippen LogP contribution in [0.3, 0.4) is 0 Å². The van der Waals surface area contributed by atoms with Crippen molar-refractivity contribution in [2.75, 3.05) is 18.9 Å². The number of carbonyl (C=O) groups is 2. The minimum atomic E-state index is -4.79. The van der Waals surface area contributed by atoms with Gasteiger partial charge in [-0.2, -0.15) is 0 Å². The van der Waals surface area contributed by atoms with Gasteiger partial charge in [-0.25, -0.2) is 9.97 Å². The fraction of sp³-hybridized carbons (Fsp3) is 0.391. The molecule has 11 heteroatoms. The Hall–Kier alpha value is -3.21. The van der Waals surface area contributed by atoms with E-state index >= 15 is 0 Å². The molecule has 2 heterocycles. The smallest absolute Gasteiger partial charge is 0.406 e. The van der Waals surface area contributed by atoms with Gasteiger partial charge in [-0.3, -0.25) is 9.59 Å². The number of nitrogens with zero attached hydrogens (tertiary/aromatic N) is 3. The number of fused-ring (bicyclic) bond motifs is 1. The highest BCUT2D eigenvalue weighted by Crippen LogP contribution is 2.33. The first-order valence-electron chi connectivity index (χ1n) is 10.3. The van der Waals surface area contributed by atoms with Crippen LogP contribution in [0.15, 0.2) is 24.3 Å².